The summed E-state index contributed by atoms with van der Waals surface area (Å²) in [5.74, 6) is -1.24. The molecule has 60 valence electrons. The lowest BCUT2D eigenvalue weighted by Gasteiger charge is -1.89. The minimum Gasteiger partial charge on any atom is -0.480 e. The summed E-state index contributed by atoms with van der Waals surface area (Å²) in [6, 6.07) is 0. The predicted molar refractivity (Wildman–Crippen MR) is 33.3 cm³/mol. The zero-order valence-electron chi connectivity index (χ0n) is 5.33. The number of aliphatic carboxylic acids is 1. The maximum absolute atomic E-state index is 10.6. The summed E-state index contributed by atoms with van der Waals surface area (Å²) in [6.07, 6.45) is 0. The Balaban J connectivity index is 3.12. The van der Waals surface area contributed by atoms with Gasteiger partial charge < -0.3 is 5.11 Å². The van der Waals surface area contributed by atoms with Crippen molar-refractivity contribution in [1.82, 2.24) is 14.8 Å². The van der Waals surface area contributed by atoms with E-state index in [1.165, 1.54) is 0 Å². The fourth-order valence-electron chi connectivity index (χ4n) is 0.613. The van der Waals surface area contributed by atoms with Gasteiger partial charge in [-0.3, -0.25) is 4.79 Å². The van der Waals surface area contributed by atoms with Crippen LogP contribution in [0.2, 0.25) is 0 Å². The van der Waals surface area contributed by atoms with Gasteiger partial charge in [0.15, 0.2) is 0 Å². The molecule has 1 aromatic rings. The Bertz CT molecular complexity index is 342. The maximum atomic E-state index is 10.6. The summed E-state index contributed by atoms with van der Waals surface area (Å²) in [5.41, 5.74) is -1.50. The maximum Gasteiger partial charge on any atom is 0.344 e. The minimum absolute atomic E-state index is 0.544. The van der Waals surface area contributed by atoms with Crippen molar-refractivity contribution >= 4 is 5.97 Å². The Labute approximate surface area is 59.3 Å². The van der Waals surface area contributed by atoms with Crippen LogP contribution in [0, 0.1) is 0 Å². The Morgan fingerprint density at radius 3 is 2.18 bits per heavy atom. The van der Waals surface area contributed by atoms with E-state index in [0.717, 1.165) is 0 Å². The van der Waals surface area contributed by atoms with Crippen LogP contribution in [0.5, 0.6) is 0 Å². The molecule has 0 aliphatic heterocycles. The monoisotopic (exact) mass is 159 g/mol. The number of rotatable bonds is 2. The van der Waals surface area contributed by atoms with Gasteiger partial charge >= 0.3 is 17.3 Å². The van der Waals surface area contributed by atoms with E-state index in [4.69, 9.17) is 5.11 Å². The Morgan fingerprint density at radius 1 is 1.36 bits per heavy atom. The first-order chi connectivity index (χ1) is 5.11. The standard InChI is InChI=1S/C4H5N3O4/c8-2(9)1-7-3(10)5-6-4(7)11/h1H2,(H,5,10)(H,6,11)(H,8,9). The van der Waals surface area contributed by atoms with Crippen LogP contribution >= 0.6 is 0 Å². The Morgan fingerprint density at radius 2 is 1.82 bits per heavy atom. The van der Waals surface area contributed by atoms with Crippen LogP contribution < -0.4 is 11.4 Å². The summed E-state index contributed by atoms with van der Waals surface area (Å²) < 4.78 is 0.544. The molecule has 0 saturated carbocycles. The van der Waals surface area contributed by atoms with E-state index in [-0.39, 0.29) is 0 Å². The lowest BCUT2D eigenvalue weighted by molar-refractivity contribution is -0.137. The highest BCUT2D eigenvalue weighted by molar-refractivity contribution is 5.66. The second kappa shape index (κ2) is 2.45. The topological polar surface area (TPSA) is 108 Å². The molecule has 1 heterocycles. The molecule has 3 N–H and O–H groups in total. The minimum atomic E-state index is -1.24. The van der Waals surface area contributed by atoms with Crippen LogP contribution in [-0.4, -0.2) is 25.8 Å². The molecule has 11 heavy (non-hydrogen) atoms. The smallest absolute Gasteiger partial charge is 0.344 e. The van der Waals surface area contributed by atoms with Crippen LogP contribution in [0.25, 0.3) is 0 Å². The number of aromatic nitrogens is 3. The van der Waals surface area contributed by atoms with Crippen LogP contribution in [0.15, 0.2) is 9.59 Å². The van der Waals surface area contributed by atoms with E-state index < -0.39 is 23.9 Å². The molecule has 0 aliphatic carbocycles. The number of carbonyl (C=O) groups is 1. The molecule has 1 rings (SSSR count). The van der Waals surface area contributed by atoms with Crippen molar-refractivity contribution in [3.05, 3.63) is 21.0 Å². The lowest BCUT2D eigenvalue weighted by atomic mass is 10.6. The first kappa shape index (κ1) is 7.32. The van der Waals surface area contributed by atoms with Gasteiger partial charge in [0.25, 0.3) is 0 Å². The van der Waals surface area contributed by atoms with E-state index in [9.17, 15) is 14.4 Å². The normalized spacial score (nSPS) is 9.82. The van der Waals surface area contributed by atoms with E-state index in [0.29, 0.717) is 4.57 Å². The quantitative estimate of drug-likeness (QED) is 0.461. The van der Waals surface area contributed by atoms with E-state index in [2.05, 4.69) is 0 Å². The molecule has 0 atom stereocenters. The van der Waals surface area contributed by atoms with Crippen LogP contribution in [0.4, 0.5) is 0 Å². The van der Waals surface area contributed by atoms with Crippen molar-refractivity contribution in [1.29, 1.82) is 0 Å². The second-order valence-corrected chi connectivity index (χ2v) is 1.84. The van der Waals surface area contributed by atoms with Gasteiger partial charge in [0.1, 0.15) is 6.54 Å². The third-order valence-electron chi connectivity index (χ3n) is 1.06. The first-order valence-corrected chi connectivity index (χ1v) is 2.70. The summed E-state index contributed by atoms with van der Waals surface area (Å²) in [6.45, 7) is -0.627. The highest BCUT2D eigenvalue weighted by Crippen LogP contribution is 1.68. The van der Waals surface area contributed by atoms with Crippen LogP contribution in [0.1, 0.15) is 0 Å². The summed E-state index contributed by atoms with van der Waals surface area (Å²) in [7, 11) is 0. The van der Waals surface area contributed by atoms with E-state index >= 15 is 0 Å². The lowest BCUT2D eigenvalue weighted by Crippen LogP contribution is -2.29. The van der Waals surface area contributed by atoms with E-state index in [1.54, 1.807) is 0 Å². The molecule has 0 saturated heterocycles. The molecule has 1 aromatic heterocycles. The zero-order valence-corrected chi connectivity index (χ0v) is 5.33. The number of carboxylic acid groups (broad SMARTS) is 1. The summed E-state index contributed by atoms with van der Waals surface area (Å²) in [4.78, 5) is 31.2. The van der Waals surface area contributed by atoms with Crippen molar-refractivity contribution in [3.8, 4) is 0 Å². The summed E-state index contributed by atoms with van der Waals surface area (Å²) >= 11 is 0. The number of nitrogens with one attached hydrogen (secondary N) is 2. The Hall–Kier alpha value is -1.79. The van der Waals surface area contributed by atoms with Gasteiger partial charge in [-0.25, -0.2) is 24.4 Å². The molecular weight excluding hydrogens is 154 g/mol. The van der Waals surface area contributed by atoms with Gasteiger partial charge in [-0.2, -0.15) is 0 Å². The first-order valence-electron chi connectivity index (χ1n) is 2.70. The van der Waals surface area contributed by atoms with Crippen molar-refractivity contribution < 1.29 is 9.90 Å². The molecule has 0 amide bonds. The third kappa shape index (κ3) is 1.37. The molecule has 0 bridgehead atoms. The molecular formula is C4H5N3O4. The largest absolute Gasteiger partial charge is 0.480 e. The number of carboxylic acids is 1. The Kier molecular flexibility index (Phi) is 1.63. The number of H-pyrrole nitrogens is 2. The predicted octanol–water partition coefficient (Wildman–Crippen LogP) is -2.05. The van der Waals surface area contributed by atoms with Crippen molar-refractivity contribution in [3.63, 3.8) is 0 Å². The highest BCUT2D eigenvalue weighted by Gasteiger charge is 2.05. The summed E-state index contributed by atoms with van der Waals surface area (Å²) in [5, 5.41) is 12.1. The van der Waals surface area contributed by atoms with Gasteiger partial charge in [-0.15, -0.1) is 0 Å². The van der Waals surface area contributed by atoms with Crippen LogP contribution in [-0.2, 0) is 11.3 Å². The number of aromatic amines is 2. The van der Waals surface area contributed by atoms with Gasteiger partial charge in [0.2, 0.25) is 0 Å². The fourth-order valence-corrected chi connectivity index (χ4v) is 0.613. The van der Waals surface area contributed by atoms with Gasteiger partial charge in [0.05, 0.1) is 0 Å². The molecule has 0 aromatic carbocycles. The molecule has 0 aliphatic rings. The van der Waals surface area contributed by atoms with Gasteiger partial charge in [-0.05, 0) is 0 Å². The fraction of sp³-hybridized carbons (Fsp3) is 0.250. The van der Waals surface area contributed by atoms with Crippen molar-refractivity contribution in [2.75, 3.05) is 0 Å². The SMILES string of the molecule is O=C(O)Cn1c(=O)[nH][nH]c1=O. The van der Waals surface area contributed by atoms with Crippen molar-refractivity contribution in [2.24, 2.45) is 0 Å². The van der Waals surface area contributed by atoms with Crippen LogP contribution in [0.3, 0.4) is 0 Å². The number of hydrogen-bond acceptors (Lipinski definition) is 3. The molecule has 7 nitrogen and oxygen atoms in total. The molecule has 0 fully saturated rings. The number of hydrogen-bond donors (Lipinski definition) is 3. The van der Waals surface area contributed by atoms with E-state index in [1.807, 2.05) is 10.2 Å². The van der Waals surface area contributed by atoms with Crippen molar-refractivity contribution in [2.45, 2.75) is 6.54 Å². The number of nitrogens with zero attached hydrogens (tertiary/aromatic N) is 1. The molecule has 0 radical (unpaired) electrons. The van der Waals surface area contributed by atoms with Gasteiger partial charge in [0, 0.05) is 0 Å². The second-order valence-electron chi connectivity index (χ2n) is 1.84. The zero-order chi connectivity index (χ0) is 8.43. The molecule has 0 unspecified atom stereocenters. The average Bonchev–Trinajstić information content (AvgIpc) is 2.18. The van der Waals surface area contributed by atoms with Gasteiger partial charge in [-0.1, -0.05) is 0 Å². The highest BCUT2D eigenvalue weighted by atomic mass is 16.4. The molecule has 7 heteroatoms. The average molecular weight is 159 g/mol. The molecule has 0 spiro atoms. The third-order valence-corrected chi connectivity index (χ3v) is 1.06.